The summed E-state index contributed by atoms with van der Waals surface area (Å²) in [6, 6.07) is 6.21. The molecule has 1 aromatic rings. The van der Waals surface area contributed by atoms with Gasteiger partial charge < -0.3 is 5.73 Å². The fourth-order valence-electron chi connectivity index (χ4n) is 5.54. The Labute approximate surface area is 134 Å². The van der Waals surface area contributed by atoms with E-state index >= 15 is 0 Å². The minimum absolute atomic E-state index is 0.00631. The molecule has 0 saturated heterocycles. The topological polar surface area (TPSA) is 26.0 Å². The minimum Gasteiger partial charge on any atom is -0.325 e. The number of hydrogen-bond acceptors (Lipinski definition) is 1. The fourth-order valence-corrected chi connectivity index (χ4v) is 6.28. The van der Waals surface area contributed by atoms with Crippen molar-refractivity contribution >= 4 is 27.5 Å². The fraction of sp³-hybridized carbons (Fsp3) is 0.647. The molecule has 0 aliphatic heterocycles. The highest BCUT2D eigenvalue weighted by atomic mass is 79.9. The average molecular weight is 355 g/mol. The Morgan fingerprint density at radius 1 is 1.30 bits per heavy atom. The molecule has 0 amide bonds. The van der Waals surface area contributed by atoms with Crippen LogP contribution in [0.15, 0.2) is 22.7 Å². The highest BCUT2D eigenvalue weighted by Gasteiger charge is 2.59. The summed E-state index contributed by atoms with van der Waals surface area (Å²) in [6.45, 7) is 0. The minimum atomic E-state index is -0.00631. The first-order valence-electron chi connectivity index (χ1n) is 7.80. The van der Waals surface area contributed by atoms with Crippen LogP contribution in [0.3, 0.4) is 0 Å². The number of fused-ring (bicyclic) bond motifs is 5. The van der Waals surface area contributed by atoms with Crippen LogP contribution in [0.25, 0.3) is 0 Å². The van der Waals surface area contributed by atoms with Gasteiger partial charge in [0.05, 0.1) is 0 Å². The second kappa shape index (κ2) is 4.72. The molecule has 0 spiro atoms. The van der Waals surface area contributed by atoms with Crippen LogP contribution in [-0.4, -0.2) is 5.54 Å². The maximum Gasteiger partial charge on any atom is 0.0449 e. The second-order valence-electron chi connectivity index (χ2n) is 7.21. The summed E-state index contributed by atoms with van der Waals surface area (Å²) < 4.78 is 1.04. The first-order valence-corrected chi connectivity index (χ1v) is 8.97. The van der Waals surface area contributed by atoms with Crippen LogP contribution in [-0.2, 0) is 6.42 Å². The molecule has 3 fully saturated rings. The van der Waals surface area contributed by atoms with Crippen LogP contribution in [0.2, 0.25) is 5.02 Å². The van der Waals surface area contributed by atoms with Gasteiger partial charge in [0, 0.05) is 15.0 Å². The van der Waals surface area contributed by atoms with Gasteiger partial charge in [-0.15, -0.1) is 0 Å². The largest absolute Gasteiger partial charge is 0.325 e. The molecule has 20 heavy (non-hydrogen) atoms. The molecule has 0 heterocycles. The van der Waals surface area contributed by atoms with Gasteiger partial charge in [0.2, 0.25) is 0 Å². The lowest BCUT2D eigenvalue weighted by Crippen LogP contribution is -2.51. The smallest absolute Gasteiger partial charge is 0.0449 e. The van der Waals surface area contributed by atoms with E-state index in [1.165, 1.54) is 37.7 Å². The number of halogens is 2. The van der Waals surface area contributed by atoms with Crippen LogP contribution in [0, 0.1) is 23.7 Å². The van der Waals surface area contributed by atoms with Gasteiger partial charge in [0.25, 0.3) is 0 Å². The van der Waals surface area contributed by atoms with Gasteiger partial charge in [-0.3, -0.25) is 0 Å². The maximum atomic E-state index is 6.87. The van der Waals surface area contributed by atoms with E-state index in [0.29, 0.717) is 0 Å². The summed E-state index contributed by atoms with van der Waals surface area (Å²) in [4.78, 5) is 0. The van der Waals surface area contributed by atoms with E-state index in [0.717, 1.165) is 39.6 Å². The highest BCUT2D eigenvalue weighted by molar-refractivity contribution is 9.10. The molecular weight excluding hydrogens is 334 g/mol. The molecule has 2 bridgehead atoms. The zero-order chi connectivity index (χ0) is 13.9. The van der Waals surface area contributed by atoms with Gasteiger partial charge in [0.15, 0.2) is 0 Å². The van der Waals surface area contributed by atoms with E-state index in [1.54, 1.807) is 0 Å². The van der Waals surface area contributed by atoms with Crippen LogP contribution in [0.4, 0.5) is 0 Å². The Balaban J connectivity index is 1.60. The van der Waals surface area contributed by atoms with Crippen molar-refractivity contribution in [2.24, 2.45) is 29.4 Å². The molecule has 4 rings (SSSR count). The molecule has 5 atom stereocenters. The first kappa shape index (κ1) is 13.6. The van der Waals surface area contributed by atoms with E-state index in [4.69, 9.17) is 17.3 Å². The van der Waals surface area contributed by atoms with E-state index in [1.807, 2.05) is 6.07 Å². The molecule has 0 radical (unpaired) electrons. The molecule has 3 aliphatic carbocycles. The van der Waals surface area contributed by atoms with Crippen LogP contribution in [0.5, 0.6) is 0 Å². The van der Waals surface area contributed by atoms with E-state index in [9.17, 15) is 0 Å². The summed E-state index contributed by atoms with van der Waals surface area (Å²) in [6.07, 6.45) is 7.84. The SMILES string of the molecule is NC1(Cc2ccc(Br)cc2Cl)CC2CC1C1CCCC21. The molecule has 0 aromatic heterocycles. The normalized spacial score (nSPS) is 42.1. The van der Waals surface area contributed by atoms with Crippen molar-refractivity contribution in [3.63, 3.8) is 0 Å². The molecular formula is C17H21BrClN. The summed E-state index contributed by atoms with van der Waals surface area (Å²) in [5.41, 5.74) is 8.08. The van der Waals surface area contributed by atoms with Crippen LogP contribution in [0.1, 0.15) is 37.7 Å². The van der Waals surface area contributed by atoms with Crippen molar-refractivity contribution in [3.8, 4) is 0 Å². The third-order valence-corrected chi connectivity index (χ3v) is 7.06. The van der Waals surface area contributed by atoms with E-state index in [2.05, 4.69) is 28.1 Å². The van der Waals surface area contributed by atoms with Gasteiger partial charge >= 0.3 is 0 Å². The van der Waals surface area contributed by atoms with Crippen molar-refractivity contribution in [2.75, 3.05) is 0 Å². The molecule has 3 saturated carbocycles. The molecule has 1 nitrogen and oxygen atoms in total. The van der Waals surface area contributed by atoms with Crippen molar-refractivity contribution < 1.29 is 0 Å². The molecule has 108 valence electrons. The first-order chi connectivity index (χ1) is 9.57. The molecule has 1 aromatic carbocycles. The lowest BCUT2D eigenvalue weighted by Gasteiger charge is -2.40. The lowest BCUT2D eigenvalue weighted by molar-refractivity contribution is 0.156. The standard InChI is InChI=1S/C17H21BrClN/c18-12-5-4-10(16(19)7-12)8-17(20)9-11-6-15(17)14-3-1-2-13(11)14/h4-5,7,11,13-15H,1-3,6,8-9,20H2. The molecule has 3 heteroatoms. The summed E-state index contributed by atoms with van der Waals surface area (Å²) in [7, 11) is 0. The van der Waals surface area contributed by atoms with Gasteiger partial charge in [0.1, 0.15) is 0 Å². The summed E-state index contributed by atoms with van der Waals surface area (Å²) in [5.74, 6) is 3.54. The predicted octanol–water partition coefficient (Wildman–Crippen LogP) is 4.80. The van der Waals surface area contributed by atoms with Gasteiger partial charge in [-0.25, -0.2) is 0 Å². The van der Waals surface area contributed by atoms with Gasteiger partial charge in [-0.2, -0.15) is 0 Å². The molecule has 2 N–H and O–H groups in total. The average Bonchev–Trinajstić information content (AvgIpc) is 3.03. The van der Waals surface area contributed by atoms with Crippen molar-refractivity contribution in [3.05, 3.63) is 33.3 Å². The third kappa shape index (κ3) is 1.99. The maximum absolute atomic E-state index is 6.87. The zero-order valence-corrected chi connectivity index (χ0v) is 14.0. The Morgan fingerprint density at radius 3 is 2.90 bits per heavy atom. The number of nitrogens with two attached hydrogens (primary N) is 1. The predicted molar refractivity (Wildman–Crippen MR) is 86.8 cm³/mol. The Hall–Kier alpha value is -0.0500. The Bertz CT molecular complexity index is 546. The molecule has 5 unspecified atom stereocenters. The van der Waals surface area contributed by atoms with Crippen molar-refractivity contribution in [1.82, 2.24) is 0 Å². The monoisotopic (exact) mass is 353 g/mol. The number of benzene rings is 1. The zero-order valence-electron chi connectivity index (χ0n) is 11.6. The second-order valence-corrected chi connectivity index (χ2v) is 8.53. The van der Waals surface area contributed by atoms with Crippen molar-refractivity contribution in [1.29, 1.82) is 0 Å². The summed E-state index contributed by atoms with van der Waals surface area (Å²) >= 11 is 9.87. The van der Waals surface area contributed by atoms with Crippen LogP contribution >= 0.6 is 27.5 Å². The number of hydrogen-bond donors (Lipinski definition) is 1. The third-order valence-electron chi connectivity index (χ3n) is 6.22. The Kier molecular flexibility index (Phi) is 3.21. The highest BCUT2D eigenvalue weighted by Crippen LogP contribution is 2.62. The Morgan fingerprint density at radius 2 is 2.10 bits per heavy atom. The van der Waals surface area contributed by atoms with E-state index in [-0.39, 0.29) is 5.54 Å². The lowest BCUT2D eigenvalue weighted by atomic mass is 9.69. The van der Waals surface area contributed by atoms with Gasteiger partial charge in [-0.1, -0.05) is 40.0 Å². The molecule has 3 aliphatic rings. The van der Waals surface area contributed by atoms with Crippen LogP contribution < -0.4 is 5.73 Å². The van der Waals surface area contributed by atoms with E-state index < -0.39 is 0 Å². The quantitative estimate of drug-likeness (QED) is 0.811. The summed E-state index contributed by atoms with van der Waals surface area (Å²) in [5, 5.41) is 0.856. The van der Waals surface area contributed by atoms with Gasteiger partial charge in [-0.05, 0) is 73.5 Å². The number of rotatable bonds is 2. The van der Waals surface area contributed by atoms with Crippen molar-refractivity contribution in [2.45, 2.75) is 44.1 Å².